The summed E-state index contributed by atoms with van der Waals surface area (Å²) in [6.45, 7) is 11.9. The van der Waals surface area contributed by atoms with Gasteiger partial charge in [0.05, 0.1) is 18.1 Å². The van der Waals surface area contributed by atoms with Crippen LogP contribution in [0.2, 0.25) is 0 Å². The molecule has 0 bridgehead atoms. The second-order valence-electron chi connectivity index (χ2n) is 11.0. The lowest BCUT2D eigenvalue weighted by molar-refractivity contribution is 0.154. The highest BCUT2D eigenvalue weighted by Gasteiger charge is 2.33. The van der Waals surface area contributed by atoms with E-state index in [0.29, 0.717) is 49.0 Å². The number of sulfonamides is 1. The van der Waals surface area contributed by atoms with Crippen LogP contribution in [-0.4, -0.2) is 123 Å². The summed E-state index contributed by atoms with van der Waals surface area (Å²) in [7, 11) is -1.16. The molecule has 5 rings (SSSR count). The van der Waals surface area contributed by atoms with Crippen molar-refractivity contribution in [1.82, 2.24) is 43.9 Å². The van der Waals surface area contributed by atoms with Gasteiger partial charge in [0.1, 0.15) is 12.0 Å². The molecular weight excluding hydrogens is 520 g/mol. The summed E-state index contributed by atoms with van der Waals surface area (Å²) in [5.74, 6) is 1.31. The standard InChI is InChI=1S/C25H40N10O3S/c1-18(2)38-23-22(20-14-27-28-15-20)26-17-35-24(23)30-25(31-35)29-21-6-8-34(16-19(21)3)39(36,37)13-5-7-33-11-9-32(4)10-12-33/h14-15,17-19,21H,5-13,16H2,1-4H3,(H,27,28)(H,29,31)/t19-,21+/m1/s1. The normalized spacial score (nSPS) is 22.1. The summed E-state index contributed by atoms with van der Waals surface area (Å²) < 4.78 is 35.5. The van der Waals surface area contributed by atoms with Crippen LogP contribution < -0.4 is 10.1 Å². The van der Waals surface area contributed by atoms with Gasteiger partial charge in [-0.3, -0.25) is 5.10 Å². The zero-order valence-corrected chi connectivity index (χ0v) is 24.1. The lowest BCUT2D eigenvalue weighted by Gasteiger charge is -2.36. The van der Waals surface area contributed by atoms with E-state index in [9.17, 15) is 8.42 Å². The Labute approximate surface area is 230 Å². The third-order valence-corrected chi connectivity index (χ3v) is 9.44. The number of piperidine rings is 1. The van der Waals surface area contributed by atoms with Gasteiger partial charge >= 0.3 is 0 Å². The fraction of sp³-hybridized carbons (Fsp3) is 0.680. The predicted molar refractivity (Wildman–Crippen MR) is 149 cm³/mol. The van der Waals surface area contributed by atoms with Crippen molar-refractivity contribution in [2.45, 2.75) is 45.8 Å². The first kappa shape index (κ1) is 27.7. The number of rotatable bonds is 10. The van der Waals surface area contributed by atoms with E-state index < -0.39 is 10.0 Å². The van der Waals surface area contributed by atoms with Gasteiger partial charge in [0.15, 0.2) is 5.75 Å². The van der Waals surface area contributed by atoms with E-state index in [-0.39, 0.29) is 23.8 Å². The number of H-pyrrole nitrogens is 1. The number of anilines is 1. The Kier molecular flexibility index (Phi) is 8.35. The average molecular weight is 561 g/mol. The van der Waals surface area contributed by atoms with Gasteiger partial charge in [-0.2, -0.15) is 14.6 Å². The number of aromatic nitrogens is 6. The van der Waals surface area contributed by atoms with Crippen LogP contribution >= 0.6 is 0 Å². The van der Waals surface area contributed by atoms with Crippen LogP contribution in [0.15, 0.2) is 18.7 Å². The Morgan fingerprint density at radius 2 is 2.00 bits per heavy atom. The monoisotopic (exact) mass is 560 g/mol. The zero-order chi connectivity index (χ0) is 27.6. The van der Waals surface area contributed by atoms with Crippen LogP contribution in [0.3, 0.4) is 0 Å². The minimum atomic E-state index is -3.29. The maximum Gasteiger partial charge on any atom is 0.243 e. The second-order valence-corrected chi connectivity index (χ2v) is 13.1. The minimum Gasteiger partial charge on any atom is -0.485 e. The minimum absolute atomic E-state index is 0.0509. The van der Waals surface area contributed by atoms with Gasteiger partial charge in [0.2, 0.25) is 21.6 Å². The summed E-state index contributed by atoms with van der Waals surface area (Å²) in [5, 5.41) is 14.9. The van der Waals surface area contributed by atoms with E-state index in [2.05, 4.69) is 49.4 Å². The Balaban J connectivity index is 1.21. The third kappa shape index (κ3) is 6.51. The lowest BCUT2D eigenvalue weighted by atomic mass is 9.95. The maximum atomic E-state index is 13.1. The molecular formula is C25H40N10O3S. The van der Waals surface area contributed by atoms with Crippen molar-refractivity contribution < 1.29 is 13.2 Å². The van der Waals surface area contributed by atoms with Crippen LogP contribution in [0.5, 0.6) is 5.75 Å². The molecule has 13 nitrogen and oxygen atoms in total. The van der Waals surface area contributed by atoms with E-state index in [1.54, 1.807) is 27.5 Å². The molecule has 0 spiro atoms. The van der Waals surface area contributed by atoms with Gasteiger partial charge in [-0.1, -0.05) is 6.92 Å². The fourth-order valence-electron chi connectivity index (χ4n) is 5.24. The molecule has 2 aliphatic heterocycles. The van der Waals surface area contributed by atoms with Crippen LogP contribution in [0.25, 0.3) is 16.9 Å². The number of nitrogens with one attached hydrogen (secondary N) is 2. The molecule has 5 heterocycles. The Hall–Kier alpha value is -2.81. The number of nitrogens with zero attached hydrogens (tertiary/aromatic N) is 8. The molecule has 2 atom stereocenters. The molecule has 2 fully saturated rings. The first-order valence-electron chi connectivity index (χ1n) is 13.8. The molecule has 3 aromatic heterocycles. The Bertz CT molecular complexity index is 1340. The SMILES string of the molecule is CC(C)Oc1c(-c2cn[nH]c2)ncn2nc(N[C@H]3CCN(S(=O)(=O)CCCN4CCN(C)CC4)C[C@H]3C)nc12. The van der Waals surface area contributed by atoms with Crippen molar-refractivity contribution in [2.24, 2.45) is 5.92 Å². The first-order valence-corrected chi connectivity index (χ1v) is 15.4. The first-order chi connectivity index (χ1) is 18.7. The van der Waals surface area contributed by atoms with E-state index in [0.717, 1.165) is 38.3 Å². The molecule has 0 aromatic carbocycles. The number of aromatic amines is 1. The second kappa shape index (κ2) is 11.7. The van der Waals surface area contributed by atoms with E-state index in [1.165, 1.54) is 0 Å². The number of hydrogen-bond acceptors (Lipinski definition) is 10. The van der Waals surface area contributed by atoms with Crippen molar-refractivity contribution >= 4 is 21.6 Å². The van der Waals surface area contributed by atoms with Crippen molar-refractivity contribution in [1.29, 1.82) is 0 Å². The van der Waals surface area contributed by atoms with Crippen LogP contribution in [0.4, 0.5) is 5.95 Å². The summed E-state index contributed by atoms with van der Waals surface area (Å²) in [5.41, 5.74) is 2.00. The van der Waals surface area contributed by atoms with Crippen molar-refractivity contribution in [3.8, 4) is 17.0 Å². The van der Waals surface area contributed by atoms with Gasteiger partial charge < -0.3 is 19.9 Å². The molecule has 3 aromatic rings. The zero-order valence-electron chi connectivity index (χ0n) is 23.2. The Morgan fingerprint density at radius 1 is 1.21 bits per heavy atom. The molecule has 0 aliphatic carbocycles. The van der Waals surface area contributed by atoms with Crippen LogP contribution in [0.1, 0.15) is 33.6 Å². The Morgan fingerprint density at radius 3 is 2.69 bits per heavy atom. The van der Waals surface area contributed by atoms with E-state index >= 15 is 0 Å². The molecule has 2 aliphatic rings. The molecule has 0 unspecified atom stereocenters. The smallest absolute Gasteiger partial charge is 0.243 e. The van der Waals surface area contributed by atoms with Crippen molar-refractivity contribution in [2.75, 3.05) is 63.9 Å². The number of ether oxygens (including phenoxy) is 1. The molecule has 0 saturated carbocycles. The topological polar surface area (TPSA) is 137 Å². The van der Waals surface area contributed by atoms with Gasteiger partial charge in [0, 0.05) is 57.1 Å². The number of fused-ring (bicyclic) bond motifs is 1. The number of hydrogen-bond donors (Lipinski definition) is 2. The summed E-state index contributed by atoms with van der Waals surface area (Å²) in [6, 6.07) is 0.0509. The molecule has 14 heteroatoms. The highest BCUT2D eigenvalue weighted by atomic mass is 32.2. The molecule has 214 valence electrons. The molecule has 39 heavy (non-hydrogen) atoms. The van der Waals surface area contributed by atoms with Gasteiger partial charge in [0.25, 0.3) is 0 Å². The molecule has 2 saturated heterocycles. The number of piperazine rings is 1. The van der Waals surface area contributed by atoms with E-state index in [1.807, 2.05) is 13.8 Å². The number of likely N-dealkylation sites (N-methyl/N-ethyl adjacent to an activating group) is 1. The molecule has 0 radical (unpaired) electrons. The molecule has 2 N–H and O–H groups in total. The van der Waals surface area contributed by atoms with Crippen molar-refractivity contribution in [3.05, 3.63) is 18.7 Å². The maximum absolute atomic E-state index is 13.1. The van der Waals surface area contributed by atoms with Gasteiger partial charge in [-0.25, -0.2) is 17.7 Å². The van der Waals surface area contributed by atoms with Gasteiger partial charge in [-0.05, 0) is 46.2 Å². The highest BCUT2D eigenvalue weighted by Crippen LogP contribution is 2.32. The fourth-order valence-corrected chi connectivity index (χ4v) is 6.84. The quantitative estimate of drug-likeness (QED) is 0.374. The lowest BCUT2D eigenvalue weighted by Crippen LogP contribution is -2.48. The van der Waals surface area contributed by atoms with Crippen LogP contribution in [0, 0.1) is 5.92 Å². The van der Waals surface area contributed by atoms with Crippen LogP contribution in [-0.2, 0) is 10.0 Å². The third-order valence-electron chi connectivity index (χ3n) is 7.52. The predicted octanol–water partition coefficient (Wildman–Crippen LogP) is 1.39. The van der Waals surface area contributed by atoms with Crippen molar-refractivity contribution in [3.63, 3.8) is 0 Å². The largest absolute Gasteiger partial charge is 0.485 e. The summed E-state index contributed by atoms with van der Waals surface area (Å²) >= 11 is 0. The summed E-state index contributed by atoms with van der Waals surface area (Å²) in [6.07, 6.45) is 6.34. The highest BCUT2D eigenvalue weighted by molar-refractivity contribution is 7.89. The van der Waals surface area contributed by atoms with Gasteiger partial charge in [-0.15, -0.1) is 5.10 Å². The molecule has 0 amide bonds. The van der Waals surface area contributed by atoms with E-state index in [4.69, 9.17) is 9.72 Å². The average Bonchev–Trinajstić information content (AvgIpc) is 3.56. The summed E-state index contributed by atoms with van der Waals surface area (Å²) in [4.78, 5) is 13.9.